The molecule has 2 aromatic heterocycles. The van der Waals surface area contributed by atoms with Crippen molar-refractivity contribution in [2.45, 2.75) is 33.2 Å². The van der Waals surface area contributed by atoms with Crippen molar-refractivity contribution >= 4 is 17.1 Å². The second-order valence-corrected chi connectivity index (χ2v) is 13.0. The normalized spacial score (nSPS) is 19.2. The van der Waals surface area contributed by atoms with Crippen LogP contribution in [0.1, 0.15) is 39.0 Å². The number of ether oxygens (including phenoxy) is 2. The smallest absolute Gasteiger partial charge is 0.253 e. The van der Waals surface area contributed by atoms with Crippen LogP contribution in [0.3, 0.4) is 0 Å². The summed E-state index contributed by atoms with van der Waals surface area (Å²) in [5.41, 5.74) is 11.5. The van der Waals surface area contributed by atoms with E-state index < -0.39 is 0 Å². The lowest BCUT2D eigenvalue weighted by Gasteiger charge is -2.33. The van der Waals surface area contributed by atoms with Gasteiger partial charge in [0.25, 0.3) is 5.91 Å². The van der Waals surface area contributed by atoms with E-state index in [0.29, 0.717) is 5.92 Å². The van der Waals surface area contributed by atoms with Crippen LogP contribution in [0.2, 0.25) is 0 Å². The summed E-state index contributed by atoms with van der Waals surface area (Å²) in [6.45, 7) is 14.5. The number of hydrogen-bond donors (Lipinski definition) is 1. The number of H-pyrrole nitrogens is 1. The van der Waals surface area contributed by atoms with Gasteiger partial charge in [0, 0.05) is 88.3 Å². The highest BCUT2D eigenvalue weighted by Gasteiger charge is 2.23. The fourth-order valence-electron chi connectivity index (χ4n) is 7.15. The molecule has 1 N–H and O–H groups in total. The maximum absolute atomic E-state index is 13.3. The Morgan fingerprint density at radius 1 is 1.00 bits per heavy atom. The molecule has 45 heavy (non-hydrogen) atoms. The molecule has 1 atom stereocenters. The van der Waals surface area contributed by atoms with Gasteiger partial charge in [-0.1, -0.05) is 12.1 Å². The summed E-state index contributed by atoms with van der Waals surface area (Å²) < 4.78 is 11.0. The van der Waals surface area contributed by atoms with E-state index in [9.17, 15) is 4.79 Å². The molecule has 4 aromatic rings. The van der Waals surface area contributed by atoms with Crippen LogP contribution in [0.25, 0.3) is 33.5 Å². The first-order chi connectivity index (χ1) is 21.9. The van der Waals surface area contributed by atoms with E-state index in [-0.39, 0.29) is 5.91 Å². The minimum atomic E-state index is 0.0504. The van der Waals surface area contributed by atoms with Crippen LogP contribution in [0.5, 0.6) is 0 Å². The number of amides is 1. The number of aromatic nitrogens is 3. The lowest BCUT2D eigenvalue weighted by atomic mass is 9.92. The molecule has 9 nitrogen and oxygen atoms in total. The number of carbonyl (C=O) groups is 1. The summed E-state index contributed by atoms with van der Waals surface area (Å²) >= 11 is 0. The van der Waals surface area contributed by atoms with Gasteiger partial charge in [0.2, 0.25) is 0 Å². The maximum Gasteiger partial charge on any atom is 0.253 e. The van der Waals surface area contributed by atoms with Crippen LogP contribution >= 0.6 is 0 Å². The molecule has 236 valence electrons. The topological polar surface area (TPSA) is 86.8 Å². The third-order valence-electron chi connectivity index (χ3n) is 9.82. The van der Waals surface area contributed by atoms with Gasteiger partial charge in [0.1, 0.15) is 5.52 Å². The lowest BCUT2D eigenvalue weighted by Crippen LogP contribution is -2.42. The van der Waals surface area contributed by atoms with Gasteiger partial charge in [-0.05, 0) is 72.7 Å². The number of carbonyl (C=O) groups excluding carboxylic acids is 1. The maximum atomic E-state index is 13.3. The van der Waals surface area contributed by atoms with Gasteiger partial charge in [0.15, 0.2) is 5.65 Å². The molecule has 0 unspecified atom stereocenters. The molecular weight excluding hydrogens is 564 g/mol. The first kappa shape index (κ1) is 30.0. The van der Waals surface area contributed by atoms with Crippen molar-refractivity contribution in [1.29, 1.82) is 0 Å². The number of nitrogens with zero attached hydrogens (tertiary/aromatic N) is 5. The molecule has 3 aliphatic heterocycles. The van der Waals surface area contributed by atoms with E-state index in [1.807, 2.05) is 43.4 Å². The first-order valence-corrected chi connectivity index (χ1v) is 16.4. The molecule has 0 aliphatic carbocycles. The third-order valence-corrected chi connectivity index (χ3v) is 9.82. The Morgan fingerprint density at radius 3 is 2.62 bits per heavy atom. The van der Waals surface area contributed by atoms with Crippen molar-refractivity contribution in [2.75, 3.05) is 72.7 Å². The molecule has 0 radical (unpaired) electrons. The van der Waals surface area contributed by atoms with Gasteiger partial charge in [-0.15, -0.1) is 0 Å². The molecule has 0 spiro atoms. The van der Waals surface area contributed by atoms with Crippen LogP contribution in [-0.4, -0.2) is 108 Å². The Labute approximate surface area is 265 Å². The van der Waals surface area contributed by atoms with Crippen LogP contribution < -0.4 is 0 Å². The van der Waals surface area contributed by atoms with Gasteiger partial charge in [-0.3, -0.25) is 14.6 Å². The largest absolute Gasteiger partial charge is 0.381 e. The molecule has 9 heteroatoms. The van der Waals surface area contributed by atoms with E-state index in [1.54, 1.807) is 0 Å². The highest BCUT2D eigenvalue weighted by Crippen LogP contribution is 2.32. The van der Waals surface area contributed by atoms with Crippen LogP contribution in [0.15, 0.2) is 42.7 Å². The van der Waals surface area contributed by atoms with Crippen LogP contribution in [0.4, 0.5) is 0 Å². The average molecular weight is 609 g/mol. The standard InChI is InChI=1S/C36H44N6O3/c1-24-17-28(18-29-22-42(8-6-30(24)29)10-9-41-11-14-44-15-12-41)33-20-38-35-34(39-33)32(19-37-35)27-4-5-31(25(2)16-27)36(43)40(3)21-26-7-13-45-23-26/h4-5,16-20,26H,6-15,21-23H2,1-3H3,(H,37,38)/t26-/m0/s1. The molecule has 0 bridgehead atoms. The highest BCUT2D eigenvalue weighted by molar-refractivity contribution is 5.97. The summed E-state index contributed by atoms with van der Waals surface area (Å²) in [4.78, 5) is 33.4. The van der Waals surface area contributed by atoms with Gasteiger partial charge in [-0.25, -0.2) is 9.97 Å². The number of benzene rings is 2. The predicted octanol–water partition coefficient (Wildman–Crippen LogP) is 4.71. The van der Waals surface area contributed by atoms with Gasteiger partial charge >= 0.3 is 0 Å². The number of nitrogens with one attached hydrogen (secondary N) is 1. The number of rotatable bonds is 8. The summed E-state index contributed by atoms with van der Waals surface area (Å²) in [6, 6.07) is 10.7. The zero-order valence-corrected chi connectivity index (χ0v) is 26.8. The van der Waals surface area contributed by atoms with E-state index in [2.05, 4.69) is 39.9 Å². The Morgan fingerprint density at radius 2 is 1.82 bits per heavy atom. The van der Waals surface area contributed by atoms with Crippen molar-refractivity contribution in [2.24, 2.45) is 5.92 Å². The SMILES string of the molecule is Cc1cc(-c2c[nH]c3ncc(-c4cc(C)c5c(c4)CN(CCN4CCOCC4)CC5)nc23)ccc1C(=O)N(C)C[C@@H]1CCOC1. The summed E-state index contributed by atoms with van der Waals surface area (Å²) in [5.74, 6) is 0.463. The molecule has 0 saturated carbocycles. The quantitative estimate of drug-likeness (QED) is 0.310. The fourth-order valence-corrected chi connectivity index (χ4v) is 7.15. The minimum Gasteiger partial charge on any atom is -0.381 e. The fraction of sp³-hybridized carbons (Fsp3) is 0.472. The first-order valence-electron chi connectivity index (χ1n) is 16.4. The molecule has 2 fully saturated rings. The molecule has 5 heterocycles. The molecule has 2 aromatic carbocycles. The van der Waals surface area contributed by atoms with Crippen molar-refractivity contribution in [3.05, 3.63) is 70.5 Å². The Balaban J connectivity index is 1.11. The third kappa shape index (κ3) is 6.40. The highest BCUT2D eigenvalue weighted by atomic mass is 16.5. The predicted molar refractivity (Wildman–Crippen MR) is 176 cm³/mol. The Bertz CT molecular complexity index is 1690. The number of aryl methyl sites for hydroxylation is 2. The van der Waals surface area contributed by atoms with Gasteiger partial charge in [-0.2, -0.15) is 0 Å². The zero-order valence-electron chi connectivity index (χ0n) is 26.8. The van der Waals surface area contributed by atoms with Gasteiger partial charge in [0.05, 0.1) is 31.7 Å². The second-order valence-electron chi connectivity index (χ2n) is 13.0. The van der Waals surface area contributed by atoms with E-state index in [4.69, 9.17) is 19.4 Å². The molecule has 1 amide bonds. The number of aromatic amines is 1. The lowest BCUT2D eigenvalue weighted by molar-refractivity contribution is 0.0326. The minimum absolute atomic E-state index is 0.0504. The molecule has 7 rings (SSSR count). The number of fused-ring (bicyclic) bond motifs is 2. The van der Waals surface area contributed by atoms with Crippen LogP contribution in [-0.2, 0) is 22.4 Å². The van der Waals surface area contributed by atoms with E-state index in [1.165, 1.54) is 16.7 Å². The van der Waals surface area contributed by atoms with E-state index >= 15 is 0 Å². The van der Waals surface area contributed by atoms with Gasteiger partial charge < -0.3 is 19.4 Å². The monoisotopic (exact) mass is 608 g/mol. The molecule has 3 aliphatic rings. The zero-order chi connectivity index (χ0) is 30.9. The number of hydrogen-bond acceptors (Lipinski definition) is 7. The van der Waals surface area contributed by atoms with Crippen molar-refractivity contribution in [3.63, 3.8) is 0 Å². The summed E-state index contributed by atoms with van der Waals surface area (Å²) in [6.07, 6.45) is 5.94. The Kier molecular flexibility index (Phi) is 8.68. The molecule has 2 saturated heterocycles. The summed E-state index contributed by atoms with van der Waals surface area (Å²) in [5, 5.41) is 0. The van der Waals surface area contributed by atoms with Crippen molar-refractivity contribution in [3.8, 4) is 22.4 Å². The van der Waals surface area contributed by atoms with Crippen molar-refractivity contribution < 1.29 is 14.3 Å². The van der Waals surface area contributed by atoms with Crippen molar-refractivity contribution in [1.82, 2.24) is 29.7 Å². The summed E-state index contributed by atoms with van der Waals surface area (Å²) in [7, 11) is 1.89. The molecular formula is C36H44N6O3. The second kappa shape index (κ2) is 13.0. The average Bonchev–Trinajstić information content (AvgIpc) is 3.73. The Hall–Kier alpha value is -3.63. The number of morpholine rings is 1. The van der Waals surface area contributed by atoms with E-state index in [0.717, 1.165) is 130 Å². The van der Waals surface area contributed by atoms with Crippen LogP contribution in [0, 0.1) is 19.8 Å².